The predicted octanol–water partition coefficient (Wildman–Crippen LogP) is 1.91. The Kier molecular flexibility index (Phi) is 5.14. The highest BCUT2D eigenvalue weighted by atomic mass is 32.2. The van der Waals surface area contributed by atoms with E-state index in [1.807, 2.05) is 0 Å². The third kappa shape index (κ3) is 3.88. The molecule has 0 saturated carbocycles. The van der Waals surface area contributed by atoms with E-state index in [4.69, 9.17) is 9.26 Å². The molecule has 25 heavy (non-hydrogen) atoms. The van der Waals surface area contributed by atoms with Crippen LogP contribution in [0.3, 0.4) is 0 Å². The van der Waals surface area contributed by atoms with Gasteiger partial charge < -0.3 is 9.26 Å². The van der Waals surface area contributed by atoms with Crippen molar-refractivity contribution in [2.45, 2.75) is 37.7 Å². The molecule has 0 radical (unpaired) electrons. The number of carbonyl (C=O) groups is 1. The Hall–Kier alpha value is -2.26. The first-order valence-corrected chi connectivity index (χ1v) is 9.48. The molecule has 0 aliphatic carbocycles. The summed E-state index contributed by atoms with van der Waals surface area (Å²) < 4.78 is 37.2. The average molecular weight is 365 g/mol. The van der Waals surface area contributed by atoms with Gasteiger partial charge in [-0.1, -0.05) is 23.7 Å². The van der Waals surface area contributed by atoms with Crippen molar-refractivity contribution in [1.82, 2.24) is 14.4 Å². The normalized spacial score (nSPS) is 15.9. The number of sulfonamides is 1. The van der Waals surface area contributed by atoms with E-state index in [1.54, 1.807) is 19.1 Å². The van der Waals surface area contributed by atoms with Crippen LogP contribution in [-0.4, -0.2) is 41.9 Å². The quantitative estimate of drug-likeness (QED) is 0.746. The molecule has 0 N–H and O–H groups in total. The molecule has 134 valence electrons. The van der Waals surface area contributed by atoms with Crippen LogP contribution in [0.15, 0.2) is 33.7 Å². The Labute approximate surface area is 145 Å². The maximum absolute atomic E-state index is 12.9. The summed E-state index contributed by atoms with van der Waals surface area (Å²) in [5.74, 6) is -0.159. The maximum Gasteiger partial charge on any atom is 0.340 e. The van der Waals surface area contributed by atoms with Gasteiger partial charge in [-0.2, -0.15) is 9.29 Å². The van der Waals surface area contributed by atoms with Gasteiger partial charge in [-0.25, -0.2) is 13.2 Å². The highest BCUT2D eigenvalue weighted by Crippen LogP contribution is 2.24. The number of ether oxygens (including phenoxy) is 1. The van der Waals surface area contributed by atoms with Crippen molar-refractivity contribution < 1.29 is 22.5 Å². The van der Waals surface area contributed by atoms with Gasteiger partial charge in [-0.15, -0.1) is 0 Å². The zero-order chi connectivity index (χ0) is 17.9. The number of hydrogen-bond acceptors (Lipinski definition) is 7. The van der Waals surface area contributed by atoms with Crippen molar-refractivity contribution in [2.24, 2.45) is 0 Å². The molecule has 2 heterocycles. The molecule has 0 spiro atoms. The number of benzene rings is 1. The molecule has 0 bridgehead atoms. The van der Waals surface area contributed by atoms with Crippen molar-refractivity contribution in [3.05, 3.63) is 41.5 Å². The van der Waals surface area contributed by atoms with Gasteiger partial charge in [-0.3, -0.25) is 0 Å². The summed E-state index contributed by atoms with van der Waals surface area (Å²) in [4.78, 5) is 16.3. The largest absolute Gasteiger partial charge is 0.452 e. The van der Waals surface area contributed by atoms with Crippen molar-refractivity contribution in [1.29, 1.82) is 0 Å². The second-order valence-electron chi connectivity index (χ2n) is 5.77. The molecular weight excluding hydrogens is 346 g/mol. The Morgan fingerprint density at radius 3 is 2.64 bits per heavy atom. The number of aromatic nitrogens is 2. The molecule has 9 heteroatoms. The molecule has 0 atom stereocenters. The minimum Gasteiger partial charge on any atom is -0.452 e. The Morgan fingerprint density at radius 2 is 1.96 bits per heavy atom. The van der Waals surface area contributed by atoms with Crippen LogP contribution in [0.1, 0.15) is 41.3 Å². The highest BCUT2D eigenvalue weighted by molar-refractivity contribution is 7.89. The summed E-state index contributed by atoms with van der Waals surface area (Å²) in [5, 5.41) is 3.61. The van der Waals surface area contributed by atoms with E-state index >= 15 is 0 Å². The Bertz CT molecular complexity index is 856. The number of rotatable bonds is 5. The fraction of sp³-hybridized carbons (Fsp3) is 0.438. The smallest absolute Gasteiger partial charge is 0.340 e. The lowest BCUT2D eigenvalue weighted by Gasteiger charge is -2.26. The van der Waals surface area contributed by atoms with Crippen LogP contribution < -0.4 is 0 Å². The fourth-order valence-electron chi connectivity index (χ4n) is 2.71. The monoisotopic (exact) mass is 365 g/mol. The number of carbonyl (C=O) groups excluding carboxylic acids is 1. The van der Waals surface area contributed by atoms with Crippen LogP contribution in [0.2, 0.25) is 0 Å². The first-order chi connectivity index (χ1) is 12.0. The lowest BCUT2D eigenvalue weighted by atomic mass is 10.2. The van der Waals surface area contributed by atoms with E-state index in [1.165, 1.54) is 16.4 Å². The van der Waals surface area contributed by atoms with Crippen LogP contribution in [0, 0.1) is 6.92 Å². The minimum absolute atomic E-state index is 0.00399. The standard InChI is InChI=1S/C16H19N3O5S/c1-12-17-15(24-18-12)11-23-16(20)13-7-3-4-8-14(13)25(21,22)19-9-5-2-6-10-19/h3-4,7-8H,2,5-6,9-11H2,1H3. The first kappa shape index (κ1) is 17.6. The predicted molar refractivity (Wildman–Crippen MR) is 87.2 cm³/mol. The molecule has 1 aliphatic rings. The van der Waals surface area contributed by atoms with E-state index in [-0.39, 0.29) is 23.0 Å². The molecule has 1 fully saturated rings. The summed E-state index contributed by atoms with van der Waals surface area (Å²) in [7, 11) is -3.74. The van der Waals surface area contributed by atoms with Crippen LogP contribution >= 0.6 is 0 Å². The van der Waals surface area contributed by atoms with E-state index in [2.05, 4.69) is 10.1 Å². The lowest BCUT2D eigenvalue weighted by molar-refractivity contribution is 0.0425. The topological polar surface area (TPSA) is 103 Å². The molecule has 1 saturated heterocycles. The molecule has 0 amide bonds. The van der Waals surface area contributed by atoms with Crippen LogP contribution in [0.25, 0.3) is 0 Å². The minimum atomic E-state index is -3.74. The van der Waals surface area contributed by atoms with Crippen molar-refractivity contribution in [3.63, 3.8) is 0 Å². The van der Waals surface area contributed by atoms with Gasteiger partial charge in [0.25, 0.3) is 5.89 Å². The molecule has 2 aromatic rings. The van der Waals surface area contributed by atoms with E-state index in [0.29, 0.717) is 18.9 Å². The van der Waals surface area contributed by atoms with E-state index in [0.717, 1.165) is 19.3 Å². The number of aryl methyl sites for hydroxylation is 1. The summed E-state index contributed by atoms with van der Waals surface area (Å²) in [5.41, 5.74) is 0.00399. The second kappa shape index (κ2) is 7.32. The lowest BCUT2D eigenvalue weighted by Crippen LogP contribution is -2.36. The Morgan fingerprint density at radius 1 is 1.24 bits per heavy atom. The number of hydrogen-bond donors (Lipinski definition) is 0. The van der Waals surface area contributed by atoms with Gasteiger partial charge in [0.15, 0.2) is 12.4 Å². The van der Waals surface area contributed by atoms with Gasteiger partial charge in [0.1, 0.15) is 0 Å². The fourth-order valence-corrected chi connectivity index (χ4v) is 4.41. The SMILES string of the molecule is Cc1noc(COC(=O)c2ccccc2S(=O)(=O)N2CCCCC2)n1. The maximum atomic E-state index is 12.9. The van der Waals surface area contributed by atoms with E-state index < -0.39 is 16.0 Å². The van der Waals surface area contributed by atoms with Crippen LogP contribution in [0.4, 0.5) is 0 Å². The molecule has 1 aromatic heterocycles. The van der Waals surface area contributed by atoms with Crippen molar-refractivity contribution >= 4 is 16.0 Å². The third-order valence-electron chi connectivity index (χ3n) is 3.94. The van der Waals surface area contributed by atoms with Gasteiger partial charge >= 0.3 is 5.97 Å². The molecule has 1 aliphatic heterocycles. The second-order valence-corrected chi connectivity index (χ2v) is 7.68. The summed E-state index contributed by atoms with van der Waals surface area (Å²) in [6, 6.07) is 6.06. The van der Waals surface area contributed by atoms with Crippen molar-refractivity contribution in [2.75, 3.05) is 13.1 Å². The van der Waals surface area contributed by atoms with Crippen molar-refractivity contribution in [3.8, 4) is 0 Å². The highest BCUT2D eigenvalue weighted by Gasteiger charge is 2.30. The van der Waals surface area contributed by atoms with Gasteiger partial charge in [-0.05, 0) is 31.9 Å². The van der Waals surface area contributed by atoms with Gasteiger partial charge in [0.05, 0.1) is 10.5 Å². The molecule has 1 aromatic carbocycles. The number of nitrogens with zero attached hydrogens (tertiary/aromatic N) is 3. The number of esters is 1. The molecule has 8 nitrogen and oxygen atoms in total. The third-order valence-corrected chi connectivity index (χ3v) is 5.89. The average Bonchev–Trinajstić information content (AvgIpc) is 3.06. The summed E-state index contributed by atoms with van der Waals surface area (Å²) in [6.45, 7) is 2.37. The molecular formula is C16H19N3O5S. The van der Waals surface area contributed by atoms with Gasteiger partial charge in [0.2, 0.25) is 10.0 Å². The summed E-state index contributed by atoms with van der Waals surface area (Å²) >= 11 is 0. The zero-order valence-electron chi connectivity index (χ0n) is 13.8. The van der Waals surface area contributed by atoms with E-state index in [9.17, 15) is 13.2 Å². The van der Waals surface area contributed by atoms with Crippen LogP contribution in [-0.2, 0) is 21.4 Å². The first-order valence-electron chi connectivity index (χ1n) is 8.04. The molecule has 3 rings (SSSR count). The zero-order valence-corrected chi connectivity index (χ0v) is 14.7. The summed E-state index contributed by atoms with van der Waals surface area (Å²) in [6.07, 6.45) is 2.66. The molecule has 0 unspecified atom stereocenters. The van der Waals surface area contributed by atoms with Gasteiger partial charge in [0, 0.05) is 13.1 Å². The Balaban J connectivity index is 1.81. The number of piperidine rings is 1. The van der Waals surface area contributed by atoms with Crippen LogP contribution in [0.5, 0.6) is 0 Å².